The number of amides is 1. The third-order valence-corrected chi connectivity index (χ3v) is 3.56. The van der Waals surface area contributed by atoms with Gasteiger partial charge in [-0.25, -0.2) is 0 Å². The van der Waals surface area contributed by atoms with E-state index in [2.05, 4.69) is 19.2 Å². The van der Waals surface area contributed by atoms with E-state index in [0.29, 0.717) is 5.41 Å². The van der Waals surface area contributed by atoms with Crippen LogP contribution in [0, 0.1) is 17.3 Å². The fourth-order valence-corrected chi connectivity index (χ4v) is 3.46. The third-order valence-electron chi connectivity index (χ3n) is 3.56. The second kappa shape index (κ2) is 3.00. The maximum absolute atomic E-state index is 11.2. The van der Waals surface area contributed by atoms with Gasteiger partial charge in [0.15, 0.2) is 0 Å². The SMILES string of the molecule is C[C@@H]1C[C@H](C)C[C@]2(CNC(=O)C2)C1. The predicted molar refractivity (Wildman–Crippen MR) is 52.2 cm³/mol. The summed E-state index contributed by atoms with van der Waals surface area (Å²) < 4.78 is 0. The van der Waals surface area contributed by atoms with Crippen molar-refractivity contribution >= 4 is 5.91 Å². The van der Waals surface area contributed by atoms with Gasteiger partial charge in [0.2, 0.25) is 5.91 Å². The summed E-state index contributed by atoms with van der Waals surface area (Å²) in [6.07, 6.45) is 4.61. The number of hydrogen-bond donors (Lipinski definition) is 1. The van der Waals surface area contributed by atoms with Crippen LogP contribution in [-0.4, -0.2) is 12.5 Å². The highest BCUT2D eigenvalue weighted by Crippen LogP contribution is 2.45. The van der Waals surface area contributed by atoms with E-state index in [1.54, 1.807) is 0 Å². The summed E-state index contributed by atoms with van der Waals surface area (Å²) in [5.74, 6) is 1.87. The first-order valence-corrected chi connectivity index (χ1v) is 5.36. The molecular formula is C11H19NO. The van der Waals surface area contributed by atoms with Crippen LogP contribution in [0.2, 0.25) is 0 Å². The molecule has 2 aliphatic rings. The Morgan fingerprint density at radius 2 is 1.92 bits per heavy atom. The summed E-state index contributed by atoms with van der Waals surface area (Å²) in [6, 6.07) is 0. The molecule has 2 rings (SSSR count). The summed E-state index contributed by atoms with van der Waals surface area (Å²) in [6.45, 7) is 5.57. The van der Waals surface area contributed by atoms with Gasteiger partial charge in [0, 0.05) is 13.0 Å². The van der Waals surface area contributed by atoms with Gasteiger partial charge in [0.25, 0.3) is 0 Å². The first kappa shape index (κ1) is 9.04. The van der Waals surface area contributed by atoms with Crippen LogP contribution < -0.4 is 5.32 Å². The zero-order valence-corrected chi connectivity index (χ0v) is 8.60. The zero-order chi connectivity index (χ0) is 9.47. The molecule has 1 aliphatic heterocycles. The van der Waals surface area contributed by atoms with Gasteiger partial charge >= 0.3 is 0 Å². The van der Waals surface area contributed by atoms with Gasteiger partial charge in [-0.2, -0.15) is 0 Å². The molecule has 1 amide bonds. The molecule has 13 heavy (non-hydrogen) atoms. The molecule has 1 saturated heterocycles. The normalized spacial score (nSPS) is 45.2. The van der Waals surface area contributed by atoms with Crippen molar-refractivity contribution in [3.8, 4) is 0 Å². The Hall–Kier alpha value is -0.530. The molecule has 2 nitrogen and oxygen atoms in total. The van der Waals surface area contributed by atoms with Gasteiger partial charge in [0.05, 0.1) is 0 Å². The molecule has 1 spiro atoms. The second-order valence-electron chi connectivity index (χ2n) is 5.31. The Morgan fingerprint density at radius 1 is 1.31 bits per heavy atom. The fraction of sp³-hybridized carbons (Fsp3) is 0.909. The van der Waals surface area contributed by atoms with Gasteiger partial charge in [-0.15, -0.1) is 0 Å². The first-order chi connectivity index (χ1) is 6.10. The van der Waals surface area contributed by atoms with Crippen LogP contribution in [0.15, 0.2) is 0 Å². The van der Waals surface area contributed by atoms with E-state index in [4.69, 9.17) is 0 Å². The van der Waals surface area contributed by atoms with Crippen molar-refractivity contribution in [1.29, 1.82) is 0 Å². The van der Waals surface area contributed by atoms with E-state index in [1.807, 2.05) is 0 Å². The number of carbonyl (C=O) groups is 1. The Kier molecular flexibility index (Phi) is 2.09. The van der Waals surface area contributed by atoms with E-state index in [0.717, 1.165) is 24.8 Å². The molecule has 1 aliphatic carbocycles. The maximum Gasteiger partial charge on any atom is 0.220 e. The molecule has 0 radical (unpaired) electrons. The molecule has 0 aromatic carbocycles. The summed E-state index contributed by atoms with van der Waals surface area (Å²) in [5, 5.41) is 2.98. The van der Waals surface area contributed by atoms with Crippen molar-refractivity contribution in [1.82, 2.24) is 5.32 Å². The predicted octanol–water partition coefficient (Wildman–Crippen LogP) is 1.95. The lowest BCUT2D eigenvalue weighted by molar-refractivity contribution is -0.119. The summed E-state index contributed by atoms with van der Waals surface area (Å²) >= 11 is 0. The first-order valence-electron chi connectivity index (χ1n) is 5.36. The van der Waals surface area contributed by atoms with Crippen molar-refractivity contribution in [2.24, 2.45) is 17.3 Å². The van der Waals surface area contributed by atoms with Crippen LogP contribution in [0.5, 0.6) is 0 Å². The van der Waals surface area contributed by atoms with Gasteiger partial charge in [-0.1, -0.05) is 13.8 Å². The Morgan fingerprint density at radius 3 is 2.38 bits per heavy atom. The lowest BCUT2D eigenvalue weighted by atomic mass is 9.66. The summed E-state index contributed by atoms with van der Waals surface area (Å²) in [4.78, 5) is 11.2. The fourth-order valence-electron chi connectivity index (χ4n) is 3.46. The van der Waals surface area contributed by atoms with E-state index < -0.39 is 0 Å². The quantitative estimate of drug-likeness (QED) is 0.608. The molecular weight excluding hydrogens is 162 g/mol. The Labute approximate surface area is 80.1 Å². The minimum absolute atomic E-state index is 0.265. The van der Waals surface area contributed by atoms with Crippen molar-refractivity contribution in [3.63, 3.8) is 0 Å². The number of hydrogen-bond acceptors (Lipinski definition) is 1. The van der Waals surface area contributed by atoms with Crippen molar-refractivity contribution < 1.29 is 4.79 Å². The molecule has 3 atom stereocenters. The van der Waals surface area contributed by atoms with E-state index in [-0.39, 0.29) is 5.91 Å². The van der Waals surface area contributed by atoms with Crippen molar-refractivity contribution in [2.75, 3.05) is 6.54 Å². The average molecular weight is 181 g/mol. The molecule has 2 fully saturated rings. The third kappa shape index (κ3) is 1.72. The average Bonchev–Trinajstić information content (AvgIpc) is 2.28. The molecule has 0 aromatic rings. The van der Waals surface area contributed by atoms with Crippen molar-refractivity contribution in [2.45, 2.75) is 39.5 Å². The van der Waals surface area contributed by atoms with Crippen LogP contribution in [0.25, 0.3) is 0 Å². The monoisotopic (exact) mass is 181 g/mol. The summed E-state index contributed by atoms with van der Waals surface area (Å²) in [5.41, 5.74) is 0.328. The lowest BCUT2D eigenvalue weighted by Gasteiger charge is -2.38. The Bertz CT molecular complexity index is 214. The highest BCUT2D eigenvalue weighted by Gasteiger charge is 2.43. The van der Waals surface area contributed by atoms with Crippen LogP contribution in [-0.2, 0) is 4.79 Å². The van der Waals surface area contributed by atoms with Crippen LogP contribution in [0.3, 0.4) is 0 Å². The number of carbonyl (C=O) groups excluding carboxylic acids is 1. The lowest BCUT2D eigenvalue weighted by Crippen LogP contribution is -2.33. The highest BCUT2D eigenvalue weighted by atomic mass is 16.1. The van der Waals surface area contributed by atoms with Crippen LogP contribution >= 0.6 is 0 Å². The largest absolute Gasteiger partial charge is 0.356 e. The topological polar surface area (TPSA) is 29.1 Å². The standard InChI is InChI=1S/C11H19NO/c1-8-3-9(2)5-11(4-8)6-10(13)12-7-11/h8-9H,3-7H2,1-2H3,(H,12,13)/t8-,9+,11-. The van der Waals surface area contributed by atoms with Crippen LogP contribution in [0.4, 0.5) is 0 Å². The molecule has 2 heteroatoms. The molecule has 1 heterocycles. The molecule has 0 unspecified atom stereocenters. The van der Waals surface area contributed by atoms with Crippen molar-refractivity contribution in [3.05, 3.63) is 0 Å². The Balaban J connectivity index is 2.09. The molecule has 0 bridgehead atoms. The number of nitrogens with one attached hydrogen (secondary N) is 1. The number of rotatable bonds is 0. The second-order valence-corrected chi connectivity index (χ2v) is 5.31. The maximum atomic E-state index is 11.2. The minimum atomic E-state index is 0.265. The van der Waals surface area contributed by atoms with E-state index >= 15 is 0 Å². The molecule has 0 aromatic heterocycles. The van der Waals surface area contributed by atoms with Gasteiger partial charge in [-0.05, 0) is 36.5 Å². The van der Waals surface area contributed by atoms with Gasteiger partial charge < -0.3 is 5.32 Å². The smallest absolute Gasteiger partial charge is 0.220 e. The molecule has 74 valence electrons. The van der Waals surface area contributed by atoms with Crippen LogP contribution in [0.1, 0.15) is 39.5 Å². The highest BCUT2D eigenvalue weighted by molar-refractivity contribution is 5.79. The minimum Gasteiger partial charge on any atom is -0.356 e. The molecule has 1 saturated carbocycles. The molecule has 1 N–H and O–H groups in total. The van der Waals surface area contributed by atoms with E-state index in [1.165, 1.54) is 19.3 Å². The van der Waals surface area contributed by atoms with Gasteiger partial charge in [0.1, 0.15) is 0 Å². The zero-order valence-electron chi connectivity index (χ0n) is 8.60. The van der Waals surface area contributed by atoms with E-state index in [9.17, 15) is 4.79 Å². The van der Waals surface area contributed by atoms with Gasteiger partial charge in [-0.3, -0.25) is 4.79 Å². The summed E-state index contributed by atoms with van der Waals surface area (Å²) in [7, 11) is 0.